The van der Waals surface area contributed by atoms with Gasteiger partial charge in [0, 0.05) is 26.7 Å². The van der Waals surface area contributed by atoms with Crippen molar-refractivity contribution in [3.05, 3.63) is 0 Å². The molecule has 0 N–H and O–H groups in total. The van der Waals surface area contributed by atoms with Gasteiger partial charge >= 0.3 is 17.9 Å². The van der Waals surface area contributed by atoms with Gasteiger partial charge in [0.05, 0.1) is 6.61 Å². The van der Waals surface area contributed by atoms with Crippen LogP contribution in [0, 0.1) is 17.2 Å². The van der Waals surface area contributed by atoms with E-state index in [2.05, 4.69) is 0 Å². The van der Waals surface area contributed by atoms with E-state index in [0.717, 1.165) is 6.92 Å². The standard InChI is InChI=1S/C12H17NO6/c1-7(6-17-8(2)14)12(19-10(4)16)11(5-13)18-9(3)15/h7,11-12H,6H2,1-4H3/t7-,11-,12-/m1/s1. The summed E-state index contributed by atoms with van der Waals surface area (Å²) in [5.41, 5.74) is 0. The minimum absolute atomic E-state index is 0.0489. The Bertz CT molecular complexity index is 386. The van der Waals surface area contributed by atoms with Gasteiger partial charge in [-0.15, -0.1) is 0 Å². The smallest absolute Gasteiger partial charge is 0.304 e. The van der Waals surface area contributed by atoms with Gasteiger partial charge in [-0.05, 0) is 0 Å². The van der Waals surface area contributed by atoms with E-state index in [0.29, 0.717) is 0 Å². The zero-order valence-corrected chi connectivity index (χ0v) is 11.3. The van der Waals surface area contributed by atoms with Gasteiger partial charge in [0.25, 0.3) is 0 Å². The third-order valence-corrected chi connectivity index (χ3v) is 2.13. The first kappa shape index (κ1) is 16.9. The van der Waals surface area contributed by atoms with E-state index < -0.39 is 36.0 Å². The summed E-state index contributed by atoms with van der Waals surface area (Å²) in [5.74, 6) is -2.26. The van der Waals surface area contributed by atoms with Crippen LogP contribution in [-0.4, -0.2) is 36.7 Å². The molecule has 7 nitrogen and oxygen atoms in total. The van der Waals surface area contributed by atoms with Crippen LogP contribution in [0.25, 0.3) is 0 Å². The SMILES string of the molecule is CC(=O)OC[C@@H](C)[C@@H](OC(C)=O)[C@@H](C#N)OC(C)=O. The molecule has 0 aliphatic rings. The van der Waals surface area contributed by atoms with Crippen molar-refractivity contribution in [1.29, 1.82) is 5.26 Å². The molecule has 0 amide bonds. The number of carbonyl (C=O) groups is 3. The van der Waals surface area contributed by atoms with E-state index in [-0.39, 0.29) is 6.61 Å². The summed E-state index contributed by atoms with van der Waals surface area (Å²) in [7, 11) is 0. The summed E-state index contributed by atoms with van der Waals surface area (Å²) in [6.07, 6.45) is -2.24. The molecule has 0 fully saturated rings. The molecule has 0 spiro atoms. The zero-order chi connectivity index (χ0) is 15.0. The molecule has 0 unspecified atom stereocenters. The Morgan fingerprint density at radius 1 is 1.05 bits per heavy atom. The normalized spacial score (nSPS) is 14.5. The van der Waals surface area contributed by atoms with Gasteiger partial charge in [0.2, 0.25) is 6.10 Å². The number of hydrogen-bond acceptors (Lipinski definition) is 7. The van der Waals surface area contributed by atoms with Gasteiger partial charge in [-0.2, -0.15) is 5.26 Å². The Hall–Kier alpha value is -2.10. The molecule has 19 heavy (non-hydrogen) atoms. The molecule has 0 saturated heterocycles. The summed E-state index contributed by atoms with van der Waals surface area (Å²) in [4.78, 5) is 32.6. The summed E-state index contributed by atoms with van der Waals surface area (Å²) in [6.45, 7) is 5.12. The number of nitrogens with zero attached hydrogens (tertiary/aromatic N) is 1. The average Bonchev–Trinajstić information content (AvgIpc) is 2.29. The van der Waals surface area contributed by atoms with Crippen molar-refractivity contribution in [3.63, 3.8) is 0 Å². The van der Waals surface area contributed by atoms with Crippen LogP contribution in [0.15, 0.2) is 0 Å². The average molecular weight is 271 g/mol. The fraction of sp³-hybridized carbons (Fsp3) is 0.667. The first-order valence-corrected chi connectivity index (χ1v) is 5.65. The highest BCUT2D eigenvalue weighted by Gasteiger charge is 2.33. The predicted molar refractivity (Wildman–Crippen MR) is 62.5 cm³/mol. The zero-order valence-electron chi connectivity index (χ0n) is 11.3. The van der Waals surface area contributed by atoms with Crippen LogP contribution in [0.1, 0.15) is 27.7 Å². The molecule has 0 radical (unpaired) electrons. The Kier molecular flexibility index (Phi) is 7.19. The molecule has 0 aromatic carbocycles. The summed E-state index contributed by atoms with van der Waals surface area (Å²) in [5, 5.41) is 8.96. The highest BCUT2D eigenvalue weighted by Crippen LogP contribution is 2.16. The first-order chi connectivity index (χ1) is 8.77. The third kappa shape index (κ3) is 7.03. The lowest BCUT2D eigenvalue weighted by molar-refractivity contribution is -0.167. The van der Waals surface area contributed by atoms with Gasteiger partial charge in [-0.1, -0.05) is 6.92 Å². The van der Waals surface area contributed by atoms with Crippen LogP contribution in [0.2, 0.25) is 0 Å². The number of nitriles is 1. The van der Waals surface area contributed by atoms with Crippen molar-refractivity contribution in [2.45, 2.75) is 39.9 Å². The molecule has 7 heteroatoms. The fourth-order valence-electron chi connectivity index (χ4n) is 1.36. The molecule has 0 saturated carbocycles. The van der Waals surface area contributed by atoms with Gasteiger partial charge in [-0.3, -0.25) is 14.4 Å². The van der Waals surface area contributed by atoms with E-state index in [1.165, 1.54) is 13.8 Å². The Labute approximate surface area is 111 Å². The van der Waals surface area contributed by atoms with Crippen molar-refractivity contribution >= 4 is 17.9 Å². The van der Waals surface area contributed by atoms with Crippen molar-refractivity contribution in [1.82, 2.24) is 0 Å². The van der Waals surface area contributed by atoms with E-state index in [9.17, 15) is 14.4 Å². The van der Waals surface area contributed by atoms with Crippen LogP contribution in [0.4, 0.5) is 0 Å². The van der Waals surface area contributed by atoms with Gasteiger partial charge in [-0.25, -0.2) is 0 Å². The molecule has 3 atom stereocenters. The molecule has 0 aromatic rings. The molecular weight excluding hydrogens is 254 g/mol. The van der Waals surface area contributed by atoms with Crippen LogP contribution >= 0.6 is 0 Å². The molecular formula is C12H17NO6. The molecule has 106 valence electrons. The molecule has 0 heterocycles. The van der Waals surface area contributed by atoms with Crippen LogP contribution in [0.5, 0.6) is 0 Å². The molecule has 0 aliphatic heterocycles. The van der Waals surface area contributed by atoms with E-state index in [4.69, 9.17) is 19.5 Å². The second-order valence-electron chi connectivity index (χ2n) is 4.01. The lowest BCUT2D eigenvalue weighted by Crippen LogP contribution is -2.40. The van der Waals surface area contributed by atoms with E-state index >= 15 is 0 Å². The molecule has 0 aliphatic carbocycles. The van der Waals surface area contributed by atoms with Gasteiger partial charge in [0.15, 0.2) is 6.10 Å². The monoisotopic (exact) mass is 271 g/mol. The number of ether oxygens (including phenoxy) is 3. The highest BCUT2D eigenvalue weighted by molar-refractivity contribution is 5.68. The maximum absolute atomic E-state index is 11.0. The Morgan fingerprint density at radius 3 is 1.95 bits per heavy atom. The maximum atomic E-state index is 11.0. The van der Waals surface area contributed by atoms with Crippen LogP contribution < -0.4 is 0 Å². The number of hydrogen-bond donors (Lipinski definition) is 0. The van der Waals surface area contributed by atoms with Crippen molar-refractivity contribution in [2.24, 2.45) is 5.92 Å². The minimum Gasteiger partial charge on any atom is -0.465 e. The second-order valence-corrected chi connectivity index (χ2v) is 4.01. The lowest BCUT2D eigenvalue weighted by atomic mass is 10.0. The van der Waals surface area contributed by atoms with Crippen molar-refractivity contribution in [2.75, 3.05) is 6.61 Å². The molecule has 0 aromatic heterocycles. The number of carbonyl (C=O) groups excluding carboxylic acids is 3. The minimum atomic E-state index is -1.24. The third-order valence-electron chi connectivity index (χ3n) is 2.13. The first-order valence-electron chi connectivity index (χ1n) is 5.65. The van der Waals surface area contributed by atoms with Crippen molar-refractivity contribution < 1.29 is 28.6 Å². The summed E-state index contributed by atoms with van der Waals surface area (Å²) < 4.78 is 14.5. The quantitative estimate of drug-likeness (QED) is 0.514. The maximum Gasteiger partial charge on any atom is 0.304 e. The highest BCUT2D eigenvalue weighted by atomic mass is 16.6. The predicted octanol–water partition coefficient (Wildman–Crippen LogP) is 0.573. The number of esters is 3. The molecule has 0 bridgehead atoms. The van der Waals surface area contributed by atoms with E-state index in [1.807, 2.05) is 0 Å². The topological polar surface area (TPSA) is 103 Å². The largest absolute Gasteiger partial charge is 0.465 e. The van der Waals surface area contributed by atoms with Crippen LogP contribution in [0.3, 0.4) is 0 Å². The van der Waals surface area contributed by atoms with Crippen molar-refractivity contribution in [3.8, 4) is 6.07 Å². The summed E-state index contributed by atoms with van der Waals surface area (Å²) >= 11 is 0. The fourth-order valence-corrected chi connectivity index (χ4v) is 1.36. The van der Waals surface area contributed by atoms with Gasteiger partial charge in [0.1, 0.15) is 6.07 Å². The lowest BCUT2D eigenvalue weighted by Gasteiger charge is -2.26. The Balaban J connectivity index is 4.85. The number of rotatable bonds is 6. The van der Waals surface area contributed by atoms with Gasteiger partial charge < -0.3 is 14.2 Å². The summed E-state index contributed by atoms with van der Waals surface area (Å²) in [6, 6.07) is 1.75. The van der Waals surface area contributed by atoms with E-state index in [1.54, 1.807) is 13.0 Å². The Morgan fingerprint density at radius 2 is 1.58 bits per heavy atom. The molecule has 0 rings (SSSR count). The van der Waals surface area contributed by atoms with Crippen LogP contribution in [-0.2, 0) is 28.6 Å². The second kappa shape index (κ2) is 8.08.